The van der Waals surface area contributed by atoms with E-state index in [0.717, 1.165) is 0 Å². The van der Waals surface area contributed by atoms with E-state index >= 15 is 0 Å². The minimum Gasteiger partial charge on any atom is -0.495 e. The van der Waals surface area contributed by atoms with E-state index in [-0.39, 0.29) is 6.42 Å². The van der Waals surface area contributed by atoms with E-state index in [1.807, 2.05) is 6.07 Å². The molecule has 2 atom stereocenters. The molecule has 0 aliphatic carbocycles. The number of carboxylic acid groups (broad SMARTS) is 1. The van der Waals surface area contributed by atoms with Crippen LogP contribution in [0, 0.1) is 0 Å². The molecule has 0 saturated heterocycles. The van der Waals surface area contributed by atoms with Crippen LogP contribution in [0.4, 0.5) is 0 Å². The number of aliphatic carboxylic acids is 1. The molecule has 0 aliphatic heterocycles. The van der Waals surface area contributed by atoms with Gasteiger partial charge in [0.15, 0.2) is 6.10 Å². The maximum absolute atomic E-state index is 12.5. The van der Waals surface area contributed by atoms with Crippen LogP contribution in [-0.2, 0) is 20.7 Å². The first-order valence-electron chi connectivity index (χ1n) is 7.89. The lowest BCUT2D eigenvalue weighted by molar-refractivity contribution is -0.144. The standard InChI is InChI=1S/C19H20ClNO5/c1-25-16-9-8-12(10-14(16)20)11-15(19(23)24)21-18(22)17(26-2)13-6-4-3-5-7-13/h3-10,15,17H,11H2,1-2H3,(H,21,22)(H,23,24)/t15-,17-/m1/s1. The van der Waals surface area contributed by atoms with E-state index in [4.69, 9.17) is 21.1 Å². The zero-order valence-corrected chi connectivity index (χ0v) is 15.2. The van der Waals surface area contributed by atoms with Crippen molar-refractivity contribution in [3.05, 3.63) is 64.7 Å². The first-order valence-corrected chi connectivity index (χ1v) is 8.27. The molecule has 138 valence electrons. The quantitative estimate of drug-likeness (QED) is 0.739. The molecular formula is C19H20ClNO5. The van der Waals surface area contributed by atoms with E-state index in [0.29, 0.717) is 21.9 Å². The van der Waals surface area contributed by atoms with E-state index in [1.54, 1.807) is 42.5 Å². The summed E-state index contributed by atoms with van der Waals surface area (Å²) in [5.41, 5.74) is 1.31. The first kappa shape index (κ1) is 19.8. The SMILES string of the molecule is COc1ccc(C[C@@H](NC(=O)[C@H](OC)c2ccccc2)C(=O)O)cc1Cl. The summed E-state index contributed by atoms with van der Waals surface area (Å²) in [7, 11) is 2.89. The Morgan fingerprint density at radius 1 is 1.15 bits per heavy atom. The molecule has 0 aliphatic rings. The van der Waals surface area contributed by atoms with E-state index in [9.17, 15) is 14.7 Å². The molecule has 0 fully saturated rings. The van der Waals surface area contributed by atoms with Gasteiger partial charge in [0.1, 0.15) is 11.8 Å². The number of halogens is 1. The van der Waals surface area contributed by atoms with Gasteiger partial charge in [-0.2, -0.15) is 0 Å². The fraction of sp³-hybridized carbons (Fsp3) is 0.263. The molecule has 6 nitrogen and oxygen atoms in total. The number of methoxy groups -OCH3 is 2. The smallest absolute Gasteiger partial charge is 0.326 e. The minimum absolute atomic E-state index is 0.0794. The van der Waals surface area contributed by atoms with Gasteiger partial charge < -0.3 is 19.9 Å². The Labute approximate surface area is 156 Å². The average Bonchev–Trinajstić information content (AvgIpc) is 2.63. The number of carboxylic acids is 1. The van der Waals surface area contributed by atoms with Crippen molar-refractivity contribution in [3.8, 4) is 5.75 Å². The van der Waals surface area contributed by atoms with Crippen molar-refractivity contribution in [2.24, 2.45) is 0 Å². The molecule has 0 unspecified atom stereocenters. The van der Waals surface area contributed by atoms with Gasteiger partial charge in [0.05, 0.1) is 12.1 Å². The topological polar surface area (TPSA) is 84.9 Å². The van der Waals surface area contributed by atoms with Gasteiger partial charge in [-0.1, -0.05) is 48.0 Å². The highest BCUT2D eigenvalue weighted by molar-refractivity contribution is 6.32. The summed E-state index contributed by atoms with van der Waals surface area (Å²) >= 11 is 6.07. The Balaban J connectivity index is 2.13. The van der Waals surface area contributed by atoms with Gasteiger partial charge in [-0.25, -0.2) is 4.79 Å². The maximum Gasteiger partial charge on any atom is 0.326 e. The third-order valence-electron chi connectivity index (χ3n) is 3.85. The third-order valence-corrected chi connectivity index (χ3v) is 4.14. The number of carbonyl (C=O) groups is 2. The second-order valence-corrected chi connectivity index (χ2v) is 6.01. The largest absolute Gasteiger partial charge is 0.495 e. The number of ether oxygens (including phenoxy) is 2. The van der Waals surface area contributed by atoms with Gasteiger partial charge in [0.25, 0.3) is 5.91 Å². The van der Waals surface area contributed by atoms with Gasteiger partial charge in [0, 0.05) is 13.5 Å². The minimum atomic E-state index is -1.15. The normalized spacial score (nSPS) is 12.9. The summed E-state index contributed by atoms with van der Waals surface area (Å²) in [5, 5.41) is 12.4. The van der Waals surface area contributed by atoms with Crippen molar-refractivity contribution < 1.29 is 24.2 Å². The molecule has 2 aromatic rings. The Bertz CT molecular complexity index is 766. The molecule has 7 heteroatoms. The molecule has 1 amide bonds. The van der Waals surface area contributed by atoms with Crippen molar-refractivity contribution >= 4 is 23.5 Å². The lowest BCUT2D eigenvalue weighted by atomic mass is 10.0. The average molecular weight is 378 g/mol. The number of carbonyl (C=O) groups excluding carboxylic acids is 1. The van der Waals surface area contributed by atoms with Crippen LogP contribution in [0.1, 0.15) is 17.2 Å². The van der Waals surface area contributed by atoms with Crippen molar-refractivity contribution in [2.75, 3.05) is 14.2 Å². The number of nitrogens with one attached hydrogen (secondary N) is 1. The summed E-state index contributed by atoms with van der Waals surface area (Å²) in [5.74, 6) is -1.17. The lowest BCUT2D eigenvalue weighted by Gasteiger charge is -2.20. The van der Waals surface area contributed by atoms with E-state index < -0.39 is 24.0 Å². The zero-order chi connectivity index (χ0) is 19.1. The Hall–Kier alpha value is -2.57. The van der Waals surface area contributed by atoms with Crippen LogP contribution in [0.25, 0.3) is 0 Å². The highest BCUT2D eigenvalue weighted by atomic mass is 35.5. The molecule has 26 heavy (non-hydrogen) atoms. The van der Waals surface area contributed by atoms with Gasteiger partial charge in [-0.15, -0.1) is 0 Å². The fourth-order valence-corrected chi connectivity index (χ4v) is 2.82. The Kier molecular flexibility index (Phi) is 7.00. The number of hydrogen-bond donors (Lipinski definition) is 2. The summed E-state index contributed by atoms with van der Waals surface area (Å²) < 4.78 is 10.3. The van der Waals surface area contributed by atoms with Gasteiger partial charge in [-0.3, -0.25) is 4.79 Å². The van der Waals surface area contributed by atoms with Crippen LogP contribution >= 0.6 is 11.6 Å². The highest BCUT2D eigenvalue weighted by Gasteiger charge is 2.26. The fourth-order valence-electron chi connectivity index (χ4n) is 2.54. The molecule has 0 aromatic heterocycles. The predicted molar refractivity (Wildman–Crippen MR) is 97.5 cm³/mol. The lowest BCUT2D eigenvalue weighted by Crippen LogP contribution is -2.44. The van der Waals surface area contributed by atoms with Crippen molar-refractivity contribution in [3.63, 3.8) is 0 Å². The van der Waals surface area contributed by atoms with Gasteiger partial charge >= 0.3 is 5.97 Å². The molecule has 0 radical (unpaired) electrons. The van der Waals surface area contributed by atoms with Crippen LogP contribution in [0.5, 0.6) is 5.75 Å². The number of hydrogen-bond acceptors (Lipinski definition) is 4. The Morgan fingerprint density at radius 2 is 1.85 bits per heavy atom. The van der Waals surface area contributed by atoms with Crippen molar-refractivity contribution in [2.45, 2.75) is 18.6 Å². The second-order valence-electron chi connectivity index (χ2n) is 5.60. The molecule has 0 saturated carbocycles. The molecular weight excluding hydrogens is 358 g/mol. The second kappa shape index (κ2) is 9.22. The molecule has 0 spiro atoms. The predicted octanol–water partition coefficient (Wildman–Crippen LogP) is 2.85. The summed E-state index contributed by atoms with van der Waals surface area (Å²) in [6.45, 7) is 0. The molecule has 2 rings (SSSR count). The summed E-state index contributed by atoms with van der Waals surface area (Å²) in [6.07, 6.45) is -0.812. The van der Waals surface area contributed by atoms with Crippen molar-refractivity contribution in [1.29, 1.82) is 0 Å². The van der Waals surface area contributed by atoms with Gasteiger partial charge in [-0.05, 0) is 23.3 Å². The third kappa shape index (κ3) is 4.97. The molecule has 2 N–H and O–H groups in total. The number of rotatable bonds is 8. The monoisotopic (exact) mass is 377 g/mol. The van der Waals surface area contributed by atoms with E-state index in [1.165, 1.54) is 14.2 Å². The van der Waals surface area contributed by atoms with Crippen LogP contribution in [0.15, 0.2) is 48.5 Å². The zero-order valence-electron chi connectivity index (χ0n) is 14.4. The maximum atomic E-state index is 12.5. The van der Waals surface area contributed by atoms with Crippen LogP contribution in [0.3, 0.4) is 0 Å². The summed E-state index contributed by atoms with van der Waals surface area (Å²) in [6, 6.07) is 12.7. The molecule has 0 heterocycles. The molecule has 2 aromatic carbocycles. The van der Waals surface area contributed by atoms with Crippen LogP contribution in [-0.4, -0.2) is 37.2 Å². The summed E-state index contributed by atoms with van der Waals surface area (Å²) in [4.78, 5) is 24.1. The Morgan fingerprint density at radius 3 is 2.38 bits per heavy atom. The van der Waals surface area contributed by atoms with Crippen molar-refractivity contribution in [1.82, 2.24) is 5.32 Å². The number of benzene rings is 2. The van der Waals surface area contributed by atoms with Gasteiger partial charge in [0.2, 0.25) is 0 Å². The van der Waals surface area contributed by atoms with Crippen LogP contribution in [0.2, 0.25) is 5.02 Å². The van der Waals surface area contributed by atoms with E-state index in [2.05, 4.69) is 5.32 Å². The molecule has 0 bridgehead atoms. The van der Waals surface area contributed by atoms with Crippen LogP contribution < -0.4 is 10.1 Å². The number of amides is 1. The highest BCUT2D eigenvalue weighted by Crippen LogP contribution is 2.25. The first-order chi connectivity index (χ1) is 12.5.